The van der Waals surface area contributed by atoms with Gasteiger partial charge in [0.2, 0.25) is 5.91 Å². The summed E-state index contributed by atoms with van der Waals surface area (Å²) in [6.45, 7) is 12.0. The van der Waals surface area contributed by atoms with E-state index in [1.165, 1.54) is 7.11 Å². The second-order valence-corrected chi connectivity index (χ2v) is 1.77. The first kappa shape index (κ1) is 24.9. The van der Waals surface area contributed by atoms with E-state index in [4.69, 9.17) is 0 Å². The number of rotatable bonds is 1. The van der Waals surface area contributed by atoms with Crippen LogP contribution in [-0.4, -0.2) is 48.9 Å². The molecule has 0 aromatic rings. The van der Waals surface area contributed by atoms with E-state index < -0.39 is 12.0 Å². The van der Waals surface area contributed by atoms with E-state index >= 15 is 0 Å². The van der Waals surface area contributed by atoms with E-state index in [1.807, 2.05) is 41.5 Å². The molecular weight excluding hydrogens is 313 g/mol. The van der Waals surface area contributed by atoms with Crippen LogP contribution < -0.4 is 5.11 Å². The number of carbonyl (C=O) groups excluding carboxylic acids is 1. The maximum absolute atomic E-state index is 10.5. The largest absolute Gasteiger partial charge is 0.860 e. The van der Waals surface area contributed by atoms with Gasteiger partial charge in [0.15, 0.2) is 0 Å². The van der Waals surface area contributed by atoms with E-state index in [-0.39, 0.29) is 36.2 Å². The van der Waals surface area contributed by atoms with E-state index in [9.17, 15) is 9.90 Å². The maximum Gasteiger partial charge on any atom is 0.247 e. The monoisotopic (exact) mass is 338 g/mol. The van der Waals surface area contributed by atoms with E-state index in [0.29, 0.717) is 0 Å². The number of amides is 1. The van der Waals surface area contributed by atoms with E-state index in [2.05, 4.69) is 9.73 Å². The molecule has 1 unspecified atom stereocenters. The SMILES string of the molecule is CC.CC.CC.COC1CC(=O)N=C1[O-].[Sn]. The molecule has 1 amide bonds. The third-order valence-corrected chi connectivity index (χ3v) is 1.15. The van der Waals surface area contributed by atoms with Crippen LogP contribution in [0.5, 0.6) is 0 Å². The molecule has 16 heavy (non-hydrogen) atoms. The summed E-state index contributed by atoms with van der Waals surface area (Å²) in [6.07, 6.45) is -0.507. The number of hydrogen-bond donors (Lipinski definition) is 0. The van der Waals surface area contributed by atoms with Crippen molar-refractivity contribution < 1.29 is 14.6 Å². The van der Waals surface area contributed by atoms with Gasteiger partial charge in [-0.2, -0.15) is 0 Å². The van der Waals surface area contributed by atoms with Crippen molar-refractivity contribution >= 4 is 35.7 Å². The molecule has 0 bridgehead atoms. The Bertz CT molecular complexity index is 173. The Kier molecular flexibility index (Phi) is 31.7. The van der Waals surface area contributed by atoms with Crippen LogP contribution in [0.15, 0.2) is 4.99 Å². The van der Waals surface area contributed by atoms with Gasteiger partial charge in [0.05, 0.1) is 12.5 Å². The molecule has 4 nitrogen and oxygen atoms in total. The number of nitrogens with zero attached hydrogens (tertiary/aromatic N) is 1. The molecule has 1 heterocycles. The number of methoxy groups -OCH3 is 1. The quantitative estimate of drug-likeness (QED) is 0.680. The first-order chi connectivity index (χ1) is 7.24. The van der Waals surface area contributed by atoms with Crippen LogP contribution in [0.2, 0.25) is 0 Å². The molecule has 1 aliphatic heterocycles. The average Bonchev–Trinajstić information content (AvgIpc) is 2.65. The fraction of sp³-hybridized carbons (Fsp3) is 0.818. The van der Waals surface area contributed by atoms with Crippen molar-refractivity contribution in [3.8, 4) is 0 Å². The second kappa shape index (κ2) is 20.3. The van der Waals surface area contributed by atoms with Gasteiger partial charge in [-0.15, -0.1) is 0 Å². The molecule has 0 fully saturated rings. The molecule has 0 aromatic heterocycles. The summed E-state index contributed by atoms with van der Waals surface area (Å²) in [5.41, 5.74) is 0. The molecule has 0 N–H and O–H groups in total. The normalized spacial score (nSPS) is 16.1. The minimum atomic E-state index is -0.613. The smallest absolute Gasteiger partial charge is 0.247 e. The topological polar surface area (TPSA) is 61.7 Å². The molecule has 1 rings (SSSR count). The number of hydrogen-bond acceptors (Lipinski definition) is 3. The molecule has 1 aliphatic rings. The van der Waals surface area contributed by atoms with Crippen LogP contribution in [0, 0.1) is 0 Å². The summed E-state index contributed by atoms with van der Waals surface area (Å²) < 4.78 is 4.63. The summed E-state index contributed by atoms with van der Waals surface area (Å²) in [6, 6.07) is 0. The number of carbonyl (C=O) groups is 1. The predicted octanol–water partition coefficient (Wildman–Crippen LogP) is 1.39. The van der Waals surface area contributed by atoms with Crippen LogP contribution in [0.3, 0.4) is 0 Å². The van der Waals surface area contributed by atoms with Crippen molar-refractivity contribution in [1.82, 2.24) is 0 Å². The first-order valence-electron chi connectivity index (χ1n) is 5.55. The van der Waals surface area contributed by atoms with Gasteiger partial charge in [0, 0.05) is 31.0 Å². The number of aliphatic imine (C=N–C) groups is 1. The standard InChI is InChI=1S/C5H7NO3.3C2H6.Sn/c1-9-3-2-4(7)6-5(3)8;3*1-2;/h3H,2H2,1H3,(H,6,7,8);3*1-2H3;/p-1. The number of ether oxygens (including phenoxy) is 1. The summed E-state index contributed by atoms with van der Waals surface area (Å²) in [7, 11) is 1.39. The minimum Gasteiger partial charge on any atom is -0.860 e. The molecule has 1 atom stereocenters. The molecule has 0 saturated heterocycles. The first-order valence-corrected chi connectivity index (χ1v) is 5.55. The Morgan fingerprint density at radius 2 is 1.56 bits per heavy atom. The second-order valence-electron chi connectivity index (χ2n) is 1.77. The fourth-order valence-corrected chi connectivity index (χ4v) is 0.671. The zero-order valence-corrected chi connectivity index (χ0v) is 14.3. The zero-order valence-electron chi connectivity index (χ0n) is 11.5. The predicted molar refractivity (Wildman–Crippen MR) is 67.7 cm³/mol. The van der Waals surface area contributed by atoms with Gasteiger partial charge in [-0.05, 0) is 5.90 Å². The third kappa shape index (κ3) is 12.0. The average molecular weight is 337 g/mol. The Labute approximate surface area is 116 Å². The van der Waals surface area contributed by atoms with Gasteiger partial charge in [0.1, 0.15) is 0 Å². The maximum atomic E-state index is 10.5. The van der Waals surface area contributed by atoms with Gasteiger partial charge < -0.3 is 9.84 Å². The molecule has 0 saturated carbocycles. The third-order valence-electron chi connectivity index (χ3n) is 1.15. The van der Waals surface area contributed by atoms with Crippen LogP contribution >= 0.6 is 0 Å². The molecule has 5 heteroatoms. The van der Waals surface area contributed by atoms with Crippen molar-refractivity contribution in [1.29, 1.82) is 0 Å². The van der Waals surface area contributed by atoms with Crippen molar-refractivity contribution in [3.63, 3.8) is 0 Å². The van der Waals surface area contributed by atoms with Gasteiger partial charge >= 0.3 is 0 Å². The summed E-state index contributed by atoms with van der Waals surface area (Å²) in [5.74, 6) is -0.839. The van der Waals surface area contributed by atoms with Gasteiger partial charge in [-0.25, -0.2) is 4.99 Å². The van der Waals surface area contributed by atoms with E-state index in [1.54, 1.807) is 0 Å². The molecular formula is C11H24NO3Sn-. The van der Waals surface area contributed by atoms with Gasteiger partial charge in [0.25, 0.3) is 0 Å². The Balaban J connectivity index is -0.0000000900. The Morgan fingerprint density at radius 1 is 1.19 bits per heavy atom. The minimum absolute atomic E-state index is 0. The summed E-state index contributed by atoms with van der Waals surface area (Å²) >= 11 is 0. The molecule has 96 valence electrons. The van der Waals surface area contributed by atoms with Crippen LogP contribution in [0.1, 0.15) is 48.0 Å². The molecule has 0 aromatic carbocycles. The molecule has 4 radical (unpaired) electrons. The van der Waals surface area contributed by atoms with Crippen molar-refractivity contribution in [2.45, 2.75) is 54.1 Å². The van der Waals surface area contributed by atoms with Crippen molar-refractivity contribution in [3.05, 3.63) is 0 Å². The molecule has 0 spiro atoms. The Hall–Kier alpha value is -0.101. The summed E-state index contributed by atoms with van der Waals surface area (Å²) in [4.78, 5) is 13.5. The van der Waals surface area contributed by atoms with Crippen LogP contribution in [-0.2, 0) is 9.53 Å². The van der Waals surface area contributed by atoms with Crippen LogP contribution in [0.25, 0.3) is 0 Å². The van der Waals surface area contributed by atoms with Crippen LogP contribution in [0.4, 0.5) is 0 Å². The van der Waals surface area contributed by atoms with Crippen molar-refractivity contribution in [2.75, 3.05) is 7.11 Å². The molecule has 0 aliphatic carbocycles. The summed E-state index contributed by atoms with van der Waals surface area (Å²) in [5, 5.41) is 10.5. The zero-order chi connectivity index (χ0) is 12.9. The Morgan fingerprint density at radius 3 is 1.69 bits per heavy atom. The van der Waals surface area contributed by atoms with E-state index in [0.717, 1.165) is 0 Å². The van der Waals surface area contributed by atoms with Gasteiger partial charge in [-0.3, -0.25) is 4.79 Å². The fourth-order valence-electron chi connectivity index (χ4n) is 0.671. The van der Waals surface area contributed by atoms with Gasteiger partial charge in [-0.1, -0.05) is 41.5 Å². The van der Waals surface area contributed by atoms with Crippen molar-refractivity contribution in [2.24, 2.45) is 4.99 Å².